The van der Waals surface area contributed by atoms with E-state index >= 15 is 0 Å². The second kappa shape index (κ2) is 9.50. The molecule has 0 aliphatic heterocycles. The lowest BCUT2D eigenvalue weighted by atomic mass is 10.2. The Morgan fingerprint density at radius 1 is 1.00 bits per heavy atom. The number of aromatic hydroxyl groups is 1. The molecule has 1 aromatic carbocycles. The number of nitrogens with one attached hydrogen (secondary N) is 1. The zero-order chi connectivity index (χ0) is 16.8. The second-order valence-corrected chi connectivity index (χ2v) is 4.26. The number of carbonyl (C=O) groups is 2. The summed E-state index contributed by atoms with van der Waals surface area (Å²) in [5, 5.41) is 29.0. The minimum atomic E-state index is -1.65. The van der Waals surface area contributed by atoms with E-state index in [1.807, 2.05) is 24.3 Å². The maximum Gasteiger partial charge on any atom is 0.356 e. The highest BCUT2D eigenvalue weighted by molar-refractivity contribution is 5.97. The molecule has 0 radical (unpaired) electrons. The van der Waals surface area contributed by atoms with Gasteiger partial charge in [-0.1, -0.05) is 6.07 Å². The van der Waals surface area contributed by atoms with Crippen LogP contribution in [0.3, 0.4) is 0 Å². The number of hydrogen-bond acceptors (Lipinski definition) is 6. The topological polar surface area (TPSA) is 201 Å². The predicted octanol–water partition coefficient (Wildman–Crippen LogP) is -1.75. The van der Waals surface area contributed by atoms with Crippen molar-refractivity contribution in [1.82, 2.24) is 9.97 Å². The van der Waals surface area contributed by atoms with Crippen LogP contribution in [0.4, 0.5) is 0 Å². The zero-order valence-electron chi connectivity index (χ0n) is 12.6. The van der Waals surface area contributed by atoms with Crippen LogP contribution in [0, 0.1) is 0 Å². The van der Waals surface area contributed by atoms with Gasteiger partial charge >= 0.3 is 5.97 Å². The number of carbonyl (C=O) groups excluding carboxylic acids is 1. The number of hydrogen-bond donors (Lipinski definition) is 2. The highest BCUT2D eigenvalue weighted by Gasteiger charge is 2.12. The van der Waals surface area contributed by atoms with Crippen LogP contribution in [0.5, 0.6) is 5.75 Å². The molecule has 3 aromatic rings. The molecule has 10 heteroatoms. The van der Waals surface area contributed by atoms with Crippen LogP contribution in [0.2, 0.25) is 0 Å². The second-order valence-electron chi connectivity index (χ2n) is 4.26. The molecule has 0 unspecified atom stereocenters. The Labute approximate surface area is 140 Å². The third-order valence-electron chi connectivity index (χ3n) is 2.77. The fourth-order valence-electron chi connectivity index (χ4n) is 1.78. The molecule has 0 spiro atoms. The summed E-state index contributed by atoms with van der Waals surface area (Å²) in [4.78, 5) is 30.2. The van der Waals surface area contributed by atoms with Crippen LogP contribution in [0.1, 0.15) is 21.0 Å². The number of aromatic carboxylic acids is 2. The maximum absolute atomic E-state index is 10.3. The summed E-state index contributed by atoms with van der Waals surface area (Å²) < 4.78 is 0. The summed E-state index contributed by atoms with van der Waals surface area (Å²) in [6, 6.07) is 9.29. The molecule has 3 rings (SSSR count). The van der Waals surface area contributed by atoms with Gasteiger partial charge in [0.1, 0.15) is 5.69 Å². The van der Waals surface area contributed by atoms with Crippen LogP contribution < -0.4 is 10.1 Å². The number of para-hydroxylation sites is 1. The van der Waals surface area contributed by atoms with E-state index in [2.05, 4.69) is 15.0 Å². The Hall–Kier alpha value is -3.63. The quantitative estimate of drug-likeness (QED) is 0.545. The standard InChI is InChI=1S/C9H7NO.C6H4N2O4.2H2O/c11-8-5-1-3-7-4-2-6-10-9(7)8;9-5(10)3-4(6(11)12)8-2-1-7-3;;/h1-6,11H;1-2H,(H,9,10)(H,11,12);2*1H2. The van der Waals surface area contributed by atoms with Crippen molar-refractivity contribution in [2.45, 2.75) is 0 Å². The van der Waals surface area contributed by atoms with E-state index in [0.29, 0.717) is 5.75 Å². The van der Waals surface area contributed by atoms with Crippen LogP contribution in [0.15, 0.2) is 48.9 Å². The van der Waals surface area contributed by atoms with Crippen molar-refractivity contribution in [2.24, 2.45) is 0 Å². The van der Waals surface area contributed by atoms with Crippen molar-refractivity contribution in [3.05, 3.63) is 60.3 Å². The van der Waals surface area contributed by atoms with Crippen LogP contribution in [0.25, 0.3) is 10.9 Å². The number of benzene rings is 1. The summed E-state index contributed by atoms with van der Waals surface area (Å²) in [6.07, 6.45) is 3.97. The van der Waals surface area contributed by atoms with Gasteiger partial charge in [0.25, 0.3) is 5.52 Å². The van der Waals surface area contributed by atoms with Gasteiger partial charge in [-0.15, -0.1) is 0 Å². The molecule has 132 valence electrons. The number of carboxylic acid groups (broad SMARTS) is 2. The number of nitrogens with zero attached hydrogens (tertiary/aromatic N) is 2. The van der Waals surface area contributed by atoms with Gasteiger partial charge in [-0.05, 0) is 18.2 Å². The molecule has 0 aliphatic rings. The first-order chi connectivity index (χ1) is 11.0. The molecule has 0 aliphatic carbocycles. The molecule has 7 N–H and O–H groups in total. The van der Waals surface area contributed by atoms with Gasteiger partial charge in [-0.3, -0.25) is 4.98 Å². The minimum absolute atomic E-state index is 0. The molecule has 0 saturated heterocycles. The molecule has 0 bridgehead atoms. The maximum atomic E-state index is 10.3. The summed E-state index contributed by atoms with van der Waals surface area (Å²) in [7, 11) is 0. The molecule has 0 fully saturated rings. The number of phenolic OH excluding ortho intramolecular Hbond substituents is 1. The number of H-pyrrole nitrogens is 1. The first kappa shape index (κ1) is 21.4. The van der Waals surface area contributed by atoms with E-state index in [1.165, 1.54) is 0 Å². The Balaban J connectivity index is 0.000000427. The van der Waals surface area contributed by atoms with Crippen molar-refractivity contribution in [2.75, 3.05) is 0 Å². The molecule has 10 nitrogen and oxygen atoms in total. The normalized spacial score (nSPS) is 8.96. The van der Waals surface area contributed by atoms with E-state index < -0.39 is 23.3 Å². The van der Waals surface area contributed by atoms with Crippen molar-refractivity contribution >= 4 is 22.8 Å². The molecule has 2 aromatic heterocycles. The summed E-state index contributed by atoms with van der Waals surface area (Å²) in [6.45, 7) is 0. The Bertz CT molecular complexity index is 832. The van der Waals surface area contributed by atoms with Crippen molar-refractivity contribution in [3.63, 3.8) is 0 Å². The molecular weight excluding hydrogens is 334 g/mol. The number of rotatable bonds is 2. The van der Waals surface area contributed by atoms with Crippen molar-refractivity contribution in [1.29, 1.82) is 0 Å². The fraction of sp³-hybridized carbons (Fsp3) is 0. The van der Waals surface area contributed by atoms with Gasteiger partial charge in [0.05, 0.1) is 11.4 Å². The average molecular weight is 349 g/mol. The highest BCUT2D eigenvalue weighted by atomic mass is 16.4. The highest BCUT2D eigenvalue weighted by Crippen LogP contribution is 2.18. The minimum Gasteiger partial charge on any atom is -0.543 e. The lowest BCUT2D eigenvalue weighted by Crippen LogP contribution is -2.26. The number of aromatic nitrogens is 3. The molecule has 25 heavy (non-hydrogen) atoms. The lowest BCUT2D eigenvalue weighted by molar-refractivity contribution is -0.345. The van der Waals surface area contributed by atoms with Gasteiger partial charge in [0, 0.05) is 18.5 Å². The first-order valence-electron chi connectivity index (χ1n) is 6.34. The largest absolute Gasteiger partial charge is 0.543 e. The van der Waals surface area contributed by atoms with E-state index in [4.69, 9.17) is 5.11 Å². The van der Waals surface area contributed by atoms with Crippen LogP contribution in [-0.4, -0.2) is 43.1 Å². The lowest BCUT2D eigenvalue weighted by Gasteiger charge is -2.02. The number of aromatic amines is 1. The first-order valence-corrected chi connectivity index (χ1v) is 6.34. The number of pyridine rings is 1. The third-order valence-corrected chi connectivity index (χ3v) is 2.77. The van der Waals surface area contributed by atoms with Gasteiger partial charge < -0.3 is 31.1 Å². The number of fused-ring (bicyclic) bond motifs is 1. The van der Waals surface area contributed by atoms with Gasteiger partial charge in [0.15, 0.2) is 17.6 Å². The van der Waals surface area contributed by atoms with Gasteiger partial charge in [-0.25, -0.2) is 14.8 Å². The van der Waals surface area contributed by atoms with Crippen molar-refractivity contribution < 1.29 is 40.8 Å². The number of phenols is 1. The smallest absolute Gasteiger partial charge is 0.356 e. The molecular formula is C15H15N3O7. The van der Waals surface area contributed by atoms with Crippen LogP contribution in [-0.2, 0) is 0 Å². The summed E-state index contributed by atoms with van der Waals surface area (Å²) in [5.74, 6) is -2.80. The molecule has 0 amide bonds. The van der Waals surface area contributed by atoms with Gasteiger partial charge in [0.2, 0.25) is 0 Å². The predicted molar refractivity (Wildman–Crippen MR) is 82.7 cm³/mol. The Morgan fingerprint density at radius 2 is 1.60 bits per heavy atom. The molecule has 0 saturated carbocycles. The summed E-state index contributed by atoms with van der Waals surface area (Å²) in [5.41, 5.74) is -0.488. The fourth-order valence-corrected chi connectivity index (χ4v) is 1.78. The molecule has 2 heterocycles. The zero-order valence-corrected chi connectivity index (χ0v) is 12.6. The Morgan fingerprint density at radius 3 is 2.12 bits per heavy atom. The SMILES string of the molecule is O.O.O=C([O-])c1nccnc1C(=O)O.Oc1cccc2ccc[nH+]c12. The molecule has 0 atom stereocenters. The van der Waals surface area contributed by atoms with E-state index in [9.17, 15) is 19.8 Å². The summed E-state index contributed by atoms with van der Waals surface area (Å²) >= 11 is 0. The third kappa shape index (κ3) is 5.20. The van der Waals surface area contributed by atoms with Gasteiger partial charge in [-0.2, -0.15) is 0 Å². The van der Waals surface area contributed by atoms with Crippen molar-refractivity contribution in [3.8, 4) is 5.75 Å². The van der Waals surface area contributed by atoms with E-state index in [1.54, 1.807) is 12.3 Å². The van der Waals surface area contributed by atoms with E-state index in [-0.39, 0.29) is 11.0 Å². The monoisotopic (exact) mass is 349 g/mol. The Kier molecular flexibility index (Phi) is 8.12. The number of carboxylic acids is 2. The average Bonchev–Trinajstić information content (AvgIpc) is 2.56. The van der Waals surface area contributed by atoms with E-state index in [0.717, 1.165) is 23.3 Å². The van der Waals surface area contributed by atoms with Crippen LogP contribution >= 0.6 is 0 Å².